The Morgan fingerprint density at radius 2 is 1.88 bits per heavy atom. The molecule has 0 bridgehead atoms. The molecule has 0 aromatic rings. The predicted octanol–water partition coefficient (Wildman–Crippen LogP) is 1.53. The lowest BCUT2D eigenvalue weighted by Gasteiger charge is -2.24. The second-order valence-corrected chi connectivity index (χ2v) is 4.18. The van der Waals surface area contributed by atoms with Gasteiger partial charge in [0.2, 0.25) is 5.78 Å². The Morgan fingerprint density at radius 3 is 2.65 bits per heavy atom. The first-order valence-electron chi connectivity index (χ1n) is 5.66. The lowest BCUT2D eigenvalue weighted by atomic mass is 9.83. The van der Waals surface area contributed by atoms with Gasteiger partial charge in [-0.2, -0.15) is 0 Å². The number of hydrogen-bond acceptors (Lipinski definition) is 3. The van der Waals surface area contributed by atoms with Gasteiger partial charge in [-0.1, -0.05) is 0 Å². The van der Waals surface area contributed by atoms with Gasteiger partial charge >= 0.3 is 0 Å². The van der Waals surface area contributed by atoms with Crippen LogP contribution >= 0.6 is 0 Å². The summed E-state index contributed by atoms with van der Waals surface area (Å²) in [4.78, 5) is 24.1. The average Bonchev–Trinajstić information content (AvgIpc) is 2.87. The molecule has 3 nitrogen and oxygen atoms in total. The fourth-order valence-corrected chi connectivity index (χ4v) is 2.25. The van der Waals surface area contributed by atoms with Crippen molar-refractivity contribution in [3.8, 4) is 0 Å². The highest BCUT2D eigenvalue weighted by molar-refractivity contribution is 6.23. The molecule has 1 fully saturated rings. The van der Waals surface area contributed by atoms with Crippen molar-refractivity contribution in [3.63, 3.8) is 0 Å². The van der Waals surface area contributed by atoms with Gasteiger partial charge in [-0.15, -0.1) is 0 Å². The standard InChI is InChI=1S/C14H11O3/c15-12-8-11(9-4-1-2-5-9)13(16)10-6-3-7-17-14(10)12/h1-2,4-5,8H,3,6-7H2. The maximum Gasteiger partial charge on any atom is 0.221 e. The van der Waals surface area contributed by atoms with Crippen molar-refractivity contribution >= 4 is 11.6 Å². The first-order chi connectivity index (χ1) is 8.27. The van der Waals surface area contributed by atoms with Crippen LogP contribution in [0.2, 0.25) is 0 Å². The Balaban J connectivity index is 1.93. The molecule has 1 saturated carbocycles. The summed E-state index contributed by atoms with van der Waals surface area (Å²) < 4.78 is 5.29. The van der Waals surface area contributed by atoms with Gasteiger partial charge in [0.15, 0.2) is 11.5 Å². The van der Waals surface area contributed by atoms with Crippen LogP contribution in [-0.2, 0) is 14.3 Å². The third-order valence-electron chi connectivity index (χ3n) is 3.08. The number of Topliss-reactive ketones (excluding diaryl/α,β-unsaturated/α-hetero) is 1. The van der Waals surface area contributed by atoms with Crippen LogP contribution in [0, 0.1) is 31.6 Å². The zero-order chi connectivity index (χ0) is 11.8. The highest BCUT2D eigenvalue weighted by Crippen LogP contribution is 2.36. The summed E-state index contributed by atoms with van der Waals surface area (Å²) in [7, 11) is 0. The Kier molecular flexibility index (Phi) is 2.61. The van der Waals surface area contributed by atoms with Crippen LogP contribution < -0.4 is 0 Å². The van der Waals surface area contributed by atoms with Gasteiger partial charge in [-0.3, -0.25) is 9.59 Å². The Bertz CT molecular complexity index is 436. The SMILES string of the molecule is O=C1C=C([C]2[CH][CH][CH][CH]2)C(=O)C2=C1OCCC2. The summed E-state index contributed by atoms with van der Waals surface area (Å²) in [6.45, 7) is 0.525. The lowest BCUT2D eigenvalue weighted by molar-refractivity contribution is -0.119. The van der Waals surface area contributed by atoms with Crippen LogP contribution in [0.25, 0.3) is 0 Å². The van der Waals surface area contributed by atoms with Crippen LogP contribution in [0.3, 0.4) is 0 Å². The summed E-state index contributed by atoms with van der Waals surface area (Å²) in [5, 5.41) is 0. The number of carbonyl (C=O) groups is 2. The molecule has 0 amide bonds. The van der Waals surface area contributed by atoms with Gasteiger partial charge in [-0.05, 0) is 44.6 Å². The van der Waals surface area contributed by atoms with Crippen molar-refractivity contribution in [1.82, 2.24) is 0 Å². The van der Waals surface area contributed by atoms with Gasteiger partial charge in [0.25, 0.3) is 0 Å². The van der Waals surface area contributed by atoms with E-state index in [9.17, 15) is 9.59 Å². The minimum atomic E-state index is -0.185. The molecule has 3 rings (SSSR count). The lowest BCUT2D eigenvalue weighted by Crippen LogP contribution is -2.26. The number of ether oxygens (including phenoxy) is 1. The first-order valence-corrected chi connectivity index (χ1v) is 5.66. The molecule has 0 aromatic heterocycles. The summed E-state index contributed by atoms with van der Waals surface area (Å²) in [6, 6.07) is 0. The number of allylic oxidation sites excluding steroid dienone is 3. The molecular formula is C14H11O3. The van der Waals surface area contributed by atoms with E-state index in [1.165, 1.54) is 6.08 Å². The maximum absolute atomic E-state index is 12.2. The van der Waals surface area contributed by atoms with E-state index in [1.54, 1.807) is 0 Å². The third-order valence-corrected chi connectivity index (χ3v) is 3.08. The number of ketones is 2. The first kappa shape index (κ1) is 10.8. The molecule has 3 aliphatic rings. The average molecular weight is 227 g/mol. The molecule has 0 saturated heterocycles. The fourth-order valence-electron chi connectivity index (χ4n) is 2.25. The topological polar surface area (TPSA) is 43.4 Å². The Labute approximate surface area is 101 Å². The van der Waals surface area contributed by atoms with Crippen molar-refractivity contribution in [3.05, 3.63) is 54.6 Å². The summed E-state index contributed by atoms with van der Waals surface area (Å²) in [5.41, 5.74) is 1.03. The van der Waals surface area contributed by atoms with Crippen molar-refractivity contribution in [2.75, 3.05) is 6.61 Å². The van der Waals surface area contributed by atoms with Gasteiger partial charge in [0.05, 0.1) is 6.61 Å². The molecular weight excluding hydrogens is 216 g/mol. The second kappa shape index (κ2) is 4.13. The summed E-state index contributed by atoms with van der Waals surface area (Å²) >= 11 is 0. The van der Waals surface area contributed by atoms with Crippen LogP contribution in [0.15, 0.2) is 23.0 Å². The molecule has 3 heteroatoms. The normalized spacial score (nSPS) is 25.8. The third kappa shape index (κ3) is 1.74. The van der Waals surface area contributed by atoms with E-state index in [0.29, 0.717) is 24.2 Å². The molecule has 1 heterocycles. The van der Waals surface area contributed by atoms with Gasteiger partial charge in [-0.25, -0.2) is 0 Å². The molecule has 0 N–H and O–H groups in total. The molecule has 17 heavy (non-hydrogen) atoms. The second-order valence-electron chi connectivity index (χ2n) is 4.18. The van der Waals surface area contributed by atoms with Crippen LogP contribution in [0.4, 0.5) is 0 Å². The Hall–Kier alpha value is -1.38. The molecule has 0 aromatic carbocycles. The molecule has 2 aliphatic carbocycles. The summed E-state index contributed by atoms with van der Waals surface area (Å²) in [6.07, 6.45) is 10.2. The summed E-state index contributed by atoms with van der Waals surface area (Å²) in [5.74, 6) is 0.818. The fraction of sp³-hybridized carbons (Fsp3) is 0.214. The number of hydrogen-bond donors (Lipinski definition) is 0. The molecule has 0 atom stereocenters. The van der Waals surface area contributed by atoms with E-state index in [2.05, 4.69) is 0 Å². The van der Waals surface area contributed by atoms with Gasteiger partial charge in [0, 0.05) is 17.1 Å². The van der Waals surface area contributed by atoms with Crippen LogP contribution in [0.5, 0.6) is 0 Å². The maximum atomic E-state index is 12.2. The largest absolute Gasteiger partial charge is 0.489 e. The number of carbonyl (C=O) groups excluding carboxylic acids is 2. The van der Waals surface area contributed by atoms with Crippen LogP contribution in [-0.4, -0.2) is 18.2 Å². The van der Waals surface area contributed by atoms with Gasteiger partial charge < -0.3 is 4.74 Å². The number of rotatable bonds is 1. The highest BCUT2D eigenvalue weighted by Gasteiger charge is 2.36. The zero-order valence-electron chi connectivity index (χ0n) is 9.23. The van der Waals surface area contributed by atoms with E-state index in [-0.39, 0.29) is 17.3 Å². The smallest absolute Gasteiger partial charge is 0.221 e. The van der Waals surface area contributed by atoms with E-state index < -0.39 is 0 Å². The molecule has 0 unspecified atom stereocenters. The van der Waals surface area contributed by atoms with Crippen molar-refractivity contribution in [2.24, 2.45) is 0 Å². The minimum absolute atomic E-state index is 0.0644. The van der Waals surface area contributed by atoms with E-state index >= 15 is 0 Å². The minimum Gasteiger partial charge on any atom is -0.489 e. The molecule has 85 valence electrons. The van der Waals surface area contributed by atoms with Crippen LogP contribution in [0.1, 0.15) is 12.8 Å². The zero-order valence-corrected chi connectivity index (χ0v) is 9.23. The monoisotopic (exact) mass is 227 g/mol. The van der Waals surface area contributed by atoms with E-state index in [0.717, 1.165) is 12.3 Å². The molecule has 0 spiro atoms. The molecule has 1 aliphatic heterocycles. The van der Waals surface area contributed by atoms with E-state index in [1.807, 2.05) is 25.7 Å². The van der Waals surface area contributed by atoms with Gasteiger partial charge in [0.1, 0.15) is 0 Å². The quantitative estimate of drug-likeness (QED) is 0.638. The van der Waals surface area contributed by atoms with Crippen molar-refractivity contribution in [1.29, 1.82) is 0 Å². The van der Waals surface area contributed by atoms with Crippen molar-refractivity contribution in [2.45, 2.75) is 12.8 Å². The molecule has 5 radical (unpaired) electrons. The highest BCUT2D eigenvalue weighted by atomic mass is 16.5. The predicted molar refractivity (Wildman–Crippen MR) is 60.8 cm³/mol. The Morgan fingerprint density at radius 1 is 1.12 bits per heavy atom. The van der Waals surface area contributed by atoms with Crippen molar-refractivity contribution < 1.29 is 14.3 Å². The van der Waals surface area contributed by atoms with E-state index in [4.69, 9.17) is 4.74 Å².